The monoisotopic (exact) mass is 364 g/mol. The Kier molecular flexibility index (Phi) is 6.45. The first-order chi connectivity index (χ1) is 11.6. The lowest BCUT2D eigenvalue weighted by molar-refractivity contribution is 0.0951. The summed E-state index contributed by atoms with van der Waals surface area (Å²) in [6.45, 7) is 3.39. The summed E-state index contributed by atoms with van der Waals surface area (Å²) in [5.41, 5.74) is 3.89. The summed E-state index contributed by atoms with van der Waals surface area (Å²) in [7, 11) is 3.53. The number of hydrogen-bond acceptors (Lipinski definition) is 4. The highest BCUT2D eigenvalue weighted by atomic mass is 35.5. The van der Waals surface area contributed by atoms with E-state index in [0.717, 1.165) is 47.7 Å². The van der Waals surface area contributed by atoms with Crippen molar-refractivity contribution >= 4 is 18.3 Å². The van der Waals surface area contributed by atoms with Gasteiger partial charge in [0.05, 0.1) is 18.4 Å². The predicted molar refractivity (Wildman–Crippen MR) is 99.2 cm³/mol. The van der Waals surface area contributed by atoms with Crippen LogP contribution < -0.4 is 15.4 Å². The van der Waals surface area contributed by atoms with Gasteiger partial charge < -0.3 is 15.4 Å². The van der Waals surface area contributed by atoms with E-state index >= 15 is 0 Å². The van der Waals surface area contributed by atoms with Gasteiger partial charge in [-0.05, 0) is 37.5 Å². The molecular weight excluding hydrogens is 340 g/mol. The zero-order chi connectivity index (χ0) is 17.1. The minimum atomic E-state index is 0. The fraction of sp³-hybridized carbons (Fsp3) is 0.444. The van der Waals surface area contributed by atoms with Gasteiger partial charge in [0.15, 0.2) is 0 Å². The summed E-state index contributed by atoms with van der Waals surface area (Å²) in [6, 6.07) is 8.12. The third-order valence-electron chi connectivity index (χ3n) is 4.24. The average molecular weight is 365 g/mol. The molecule has 1 amide bonds. The summed E-state index contributed by atoms with van der Waals surface area (Å²) < 4.78 is 7.14. The van der Waals surface area contributed by atoms with E-state index in [1.165, 1.54) is 0 Å². The van der Waals surface area contributed by atoms with Crippen molar-refractivity contribution < 1.29 is 9.53 Å². The Labute approximate surface area is 154 Å². The molecule has 25 heavy (non-hydrogen) atoms. The summed E-state index contributed by atoms with van der Waals surface area (Å²) in [5.74, 6) is 0.805. The second-order valence-electron chi connectivity index (χ2n) is 6.25. The normalized spacial score (nSPS) is 13.2. The lowest BCUT2D eigenvalue weighted by Gasteiger charge is -2.08. The van der Waals surface area contributed by atoms with Crippen LogP contribution in [0.2, 0.25) is 0 Å². The Hall–Kier alpha value is -2.05. The maximum absolute atomic E-state index is 12.0. The van der Waals surface area contributed by atoms with Crippen molar-refractivity contribution in [3.05, 3.63) is 46.6 Å². The third kappa shape index (κ3) is 4.74. The molecular formula is C18H25ClN4O2. The van der Waals surface area contributed by atoms with Crippen molar-refractivity contribution in [3.8, 4) is 5.88 Å². The predicted octanol–water partition coefficient (Wildman–Crippen LogP) is 2.34. The van der Waals surface area contributed by atoms with Gasteiger partial charge in [-0.1, -0.05) is 12.1 Å². The fourth-order valence-corrected chi connectivity index (χ4v) is 2.74. The molecule has 0 aliphatic heterocycles. The first kappa shape index (κ1) is 19.3. The van der Waals surface area contributed by atoms with Gasteiger partial charge in [-0.2, -0.15) is 5.10 Å². The average Bonchev–Trinajstić information content (AvgIpc) is 3.33. The quantitative estimate of drug-likeness (QED) is 0.791. The standard InChI is InChI=1S/C18H24N4O2.ClH/c1-12-16(18(24-3)22(2)21-12)11-19-10-13-4-6-14(7-5-13)17(23)20-15-8-9-15;/h4-7,15,19H,8-11H2,1-3H3,(H,20,23);1H. The molecule has 1 heterocycles. The molecule has 0 spiro atoms. The number of hydrogen-bond donors (Lipinski definition) is 2. The van der Waals surface area contributed by atoms with Crippen molar-refractivity contribution in [2.45, 2.75) is 38.9 Å². The van der Waals surface area contributed by atoms with Crippen LogP contribution in [0.1, 0.15) is 40.0 Å². The number of rotatable bonds is 7. The molecule has 0 unspecified atom stereocenters. The van der Waals surface area contributed by atoms with E-state index in [0.29, 0.717) is 12.6 Å². The topological polar surface area (TPSA) is 68.2 Å². The van der Waals surface area contributed by atoms with E-state index < -0.39 is 0 Å². The molecule has 6 nitrogen and oxygen atoms in total. The smallest absolute Gasteiger partial charge is 0.251 e. The number of methoxy groups -OCH3 is 1. The Bertz CT molecular complexity index is 723. The molecule has 0 radical (unpaired) electrons. The van der Waals surface area contributed by atoms with Crippen LogP contribution in [0.25, 0.3) is 0 Å². The Morgan fingerprint density at radius 3 is 2.56 bits per heavy atom. The second kappa shape index (κ2) is 8.36. The maximum Gasteiger partial charge on any atom is 0.251 e. The van der Waals surface area contributed by atoms with Crippen LogP contribution >= 0.6 is 12.4 Å². The summed E-state index contributed by atoms with van der Waals surface area (Å²) in [6.07, 6.45) is 2.20. The fourth-order valence-electron chi connectivity index (χ4n) is 2.74. The number of nitrogens with zero attached hydrogens (tertiary/aromatic N) is 2. The van der Waals surface area contributed by atoms with Crippen LogP contribution in [0.15, 0.2) is 24.3 Å². The van der Waals surface area contributed by atoms with E-state index in [-0.39, 0.29) is 18.3 Å². The molecule has 2 aromatic rings. The number of amides is 1. The summed E-state index contributed by atoms with van der Waals surface area (Å²) >= 11 is 0. The SMILES string of the molecule is COc1c(CNCc2ccc(C(=O)NC3CC3)cc2)c(C)nn1C.Cl. The number of carbonyl (C=O) groups excluding carboxylic acids is 1. The molecule has 1 aromatic carbocycles. The first-order valence-electron chi connectivity index (χ1n) is 8.25. The van der Waals surface area contributed by atoms with Crippen LogP contribution in [0, 0.1) is 6.92 Å². The molecule has 1 saturated carbocycles. The van der Waals surface area contributed by atoms with Crippen LogP contribution in [-0.4, -0.2) is 28.8 Å². The van der Waals surface area contributed by atoms with Gasteiger partial charge in [0.2, 0.25) is 5.88 Å². The maximum atomic E-state index is 12.0. The Morgan fingerprint density at radius 2 is 1.96 bits per heavy atom. The Morgan fingerprint density at radius 1 is 1.28 bits per heavy atom. The number of aromatic nitrogens is 2. The molecule has 136 valence electrons. The van der Waals surface area contributed by atoms with Crippen molar-refractivity contribution in [2.24, 2.45) is 7.05 Å². The lowest BCUT2D eigenvalue weighted by atomic mass is 10.1. The minimum Gasteiger partial charge on any atom is -0.481 e. The highest BCUT2D eigenvalue weighted by Crippen LogP contribution is 2.21. The number of halogens is 1. The van der Waals surface area contributed by atoms with Crippen molar-refractivity contribution in [2.75, 3.05) is 7.11 Å². The largest absolute Gasteiger partial charge is 0.481 e. The molecule has 1 aromatic heterocycles. The number of ether oxygens (including phenoxy) is 1. The first-order valence-corrected chi connectivity index (χ1v) is 8.25. The van der Waals surface area contributed by atoms with Gasteiger partial charge in [-0.3, -0.25) is 4.79 Å². The van der Waals surface area contributed by atoms with E-state index in [1.54, 1.807) is 11.8 Å². The van der Waals surface area contributed by atoms with Crippen LogP contribution in [0.4, 0.5) is 0 Å². The highest BCUT2D eigenvalue weighted by Gasteiger charge is 2.23. The number of nitrogens with one attached hydrogen (secondary N) is 2. The molecule has 0 atom stereocenters. The molecule has 3 rings (SSSR count). The zero-order valence-corrected chi connectivity index (χ0v) is 15.7. The van der Waals surface area contributed by atoms with E-state index in [4.69, 9.17) is 4.74 Å². The van der Waals surface area contributed by atoms with Crippen molar-refractivity contribution in [3.63, 3.8) is 0 Å². The van der Waals surface area contributed by atoms with Crippen molar-refractivity contribution in [1.29, 1.82) is 0 Å². The van der Waals surface area contributed by atoms with E-state index in [9.17, 15) is 4.79 Å². The van der Waals surface area contributed by atoms with Gasteiger partial charge in [0, 0.05) is 31.7 Å². The summed E-state index contributed by atoms with van der Waals surface area (Å²) in [5, 5.41) is 10.8. The van der Waals surface area contributed by atoms with E-state index in [2.05, 4.69) is 15.7 Å². The van der Waals surface area contributed by atoms with E-state index in [1.807, 2.05) is 38.2 Å². The van der Waals surface area contributed by atoms with Gasteiger partial charge in [0.25, 0.3) is 5.91 Å². The van der Waals surface area contributed by atoms with Crippen LogP contribution in [-0.2, 0) is 20.1 Å². The van der Waals surface area contributed by atoms with Gasteiger partial charge >= 0.3 is 0 Å². The molecule has 7 heteroatoms. The van der Waals surface area contributed by atoms with Gasteiger partial charge in [0.1, 0.15) is 0 Å². The van der Waals surface area contributed by atoms with Gasteiger partial charge in [-0.15, -0.1) is 12.4 Å². The van der Waals surface area contributed by atoms with Crippen molar-refractivity contribution in [1.82, 2.24) is 20.4 Å². The minimum absolute atomic E-state index is 0. The number of benzene rings is 1. The molecule has 2 N–H and O–H groups in total. The number of aryl methyl sites for hydroxylation is 2. The van der Waals surface area contributed by atoms with Crippen LogP contribution in [0.5, 0.6) is 5.88 Å². The third-order valence-corrected chi connectivity index (χ3v) is 4.24. The zero-order valence-electron chi connectivity index (χ0n) is 14.8. The van der Waals surface area contributed by atoms with Crippen LogP contribution in [0.3, 0.4) is 0 Å². The Balaban J connectivity index is 0.00000225. The number of carbonyl (C=O) groups is 1. The molecule has 1 aliphatic carbocycles. The molecule has 0 saturated heterocycles. The lowest BCUT2D eigenvalue weighted by Crippen LogP contribution is -2.25. The van der Waals surface area contributed by atoms with Gasteiger partial charge in [-0.25, -0.2) is 4.68 Å². The molecule has 0 bridgehead atoms. The molecule has 1 fully saturated rings. The second-order valence-corrected chi connectivity index (χ2v) is 6.25. The summed E-state index contributed by atoms with van der Waals surface area (Å²) in [4.78, 5) is 12.0. The highest BCUT2D eigenvalue weighted by molar-refractivity contribution is 5.94. The molecule has 1 aliphatic rings.